The van der Waals surface area contributed by atoms with Crippen molar-refractivity contribution < 1.29 is 9.47 Å². The Balaban J connectivity index is 1.28. The highest BCUT2D eigenvalue weighted by atomic mass is 35.5. The molecule has 1 aliphatic rings. The molecule has 1 atom stereocenters. The monoisotopic (exact) mass is 475 g/mol. The van der Waals surface area contributed by atoms with E-state index in [0.29, 0.717) is 39.9 Å². The number of hydrogen-bond acceptors (Lipinski definition) is 7. The van der Waals surface area contributed by atoms with E-state index in [1.165, 1.54) is 0 Å². The standard InChI is InChI=1S/C24H22ClN7O2/c1-14-29-18-3-2-17(8-20(18)30-14)34-22-5-4-19-24(23(22)25)31-21(10-27-19)15-9-28-32(11-15)12-16-13-33-7-6-26-16/h2-5,8-11,16,26H,6-7,12-13H2,1H3,(H,29,30). The zero-order chi connectivity index (χ0) is 23.1. The molecule has 0 spiro atoms. The van der Waals surface area contributed by atoms with E-state index >= 15 is 0 Å². The van der Waals surface area contributed by atoms with E-state index in [9.17, 15) is 0 Å². The minimum Gasteiger partial charge on any atom is -0.456 e. The van der Waals surface area contributed by atoms with Crippen molar-refractivity contribution in [3.63, 3.8) is 0 Å². The molecular formula is C24H22ClN7O2. The first kappa shape index (κ1) is 21.0. The van der Waals surface area contributed by atoms with Gasteiger partial charge in [-0.3, -0.25) is 9.67 Å². The molecule has 1 aliphatic heterocycles. The molecule has 10 heteroatoms. The topological polar surface area (TPSA) is 103 Å². The second-order valence-corrected chi connectivity index (χ2v) is 8.66. The van der Waals surface area contributed by atoms with Gasteiger partial charge in [0.1, 0.15) is 27.9 Å². The fourth-order valence-electron chi connectivity index (χ4n) is 4.11. The summed E-state index contributed by atoms with van der Waals surface area (Å²) >= 11 is 6.72. The van der Waals surface area contributed by atoms with Gasteiger partial charge < -0.3 is 19.8 Å². The molecule has 0 amide bonds. The van der Waals surface area contributed by atoms with Crippen LogP contribution in [0.5, 0.6) is 11.5 Å². The lowest BCUT2D eigenvalue weighted by molar-refractivity contribution is 0.0702. The Kier molecular flexibility index (Phi) is 5.37. The molecule has 0 saturated carbocycles. The first-order valence-electron chi connectivity index (χ1n) is 11.1. The third kappa shape index (κ3) is 4.09. The highest BCUT2D eigenvalue weighted by Crippen LogP contribution is 2.35. The molecule has 1 unspecified atom stereocenters. The molecule has 2 aromatic carbocycles. The number of morpholine rings is 1. The van der Waals surface area contributed by atoms with E-state index in [4.69, 9.17) is 26.1 Å². The number of aromatic nitrogens is 6. The average Bonchev–Trinajstić information content (AvgIpc) is 3.47. The smallest absolute Gasteiger partial charge is 0.148 e. The highest BCUT2D eigenvalue weighted by molar-refractivity contribution is 6.36. The van der Waals surface area contributed by atoms with Crippen LogP contribution in [0, 0.1) is 6.92 Å². The predicted molar refractivity (Wildman–Crippen MR) is 129 cm³/mol. The minimum atomic E-state index is 0.239. The first-order valence-corrected chi connectivity index (χ1v) is 11.4. The van der Waals surface area contributed by atoms with Crippen LogP contribution in [0.3, 0.4) is 0 Å². The van der Waals surface area contributed by atoms with Crippen LogP contribution < -0.4 is 10.1 Å². The van der Waals surface area contributed by atoms with Crippen LogP contribution in [0.4, 0.5) is 0 Å². The number of H-pyrrole nitrogens is 1. The number of ether oxygens (including phenoxy) is 2. The SMILES string of the molecule is Cc1nc2ccc(Oc3ccc4ncc(-c5cnn(CC6COCCN6)c5)nc4c3Cl)cc2[nH]1. The Labute approximate surface area is 200 Å². The van der Waals surface area contributed by atoms with Gasteiger partial charge in [-0.25, -0.2) is 9.97 Å². The number of hydrogen-bond donors (Lipinski definition) is 2. The van der Waals surface area contributed by atoms with Crippen LogP contribution in [-0.4, -0.2) is 55.5 Å². The molecule has 0 bridgehead atoms. The maximum absolute atomic E-state index is 6.72. The average molecular weight is 476 g/mol. The van der Waals surface area contributed by atoms with Crippen LogP contribution in [-0.2, 0) is 11.3 Å². The van der Waals surface area contributed by atoms with Crippen molar-refractivity contribution in [3.05, 3.63) is 59.8 Å². The second kappa shape index (κ2) is 8.68. The van der Waals surface area contributed by atoms with Crippen molar-refractivity contribution in [3.8, 4) is 22.8 Å². The van der Waals surface area contributed by atoms with Crippen molar-refractivity contribution >= 4 is 33.7 Å². The Morgan fingerprint density at radius 2 is 2.09 bits per heavy atom. The number of rotatable bonds is 5. The summed E-state index contributed by atoms with van der Waals surface area (Å²) < 4.78 is 13.5. The van der Waals surface area contributed by atoms with Gasteiger partial charge in [-0.2, -0.15) is 5.10 Å². The molecule has 172 valence electrons. The van der Waals surface area contributed by atoms with Gasteiger partial charge >= 0.3 is 0 Å². The summed E-state index contributed by atoms with van der Waals surface area (Å²) in [5.74, 6) is 2.02. The van der Waals surface area contributed by atoms with E-state index < -0.39 is 0 Å². The summed E-state index contributed by atoms with van der Waals surface area (Å²) in [5.41, 5.74) is 4.62. The molecule has 3 aromatic heterocycles. The molecule has 1 saturated heterocycles. The van der Waals surface area contributed by atoms with Gasteiger partial charge in [0.05, 0.1) is 60.4 Å². The Morgan fingerprint density at radius 3 is 2.97 bits per heavy atom. The maximum Gasteiger partial charge on any atom is 0.148 e. The molecule has 9 nitrogen and oxygen atoms in total. The Hall–Kier alpha value is -3.53. The van der Waals surface area contributed by atoms with Gasteiger partial charge in [-0.1, -0.05) is 11.6 Å². The molecular weight excluding hydrogens is 454 g/mol. The van der Waals surface area contributed by atoms with Gasteiger partial charge in [0.2, 0.25) is 0 Å². The van der Waals surface area contributed by atoms with E-state index in [1.807, 2.05) is 42.1 Å². The Morgan fingerprint density at radius 1 is 1.18 bits per heavy atom. The van der Waals surface area contributed by atoms with Crippen molar-refractivity contribution in [2.45, 2.75) is 19.5 Å². The number of nitrogens with zero attached hydrogens (tertiary/aromatic N) is 5. The molecule has 1 fully saturated rings. The summed E-state index contributed by atoms with van der Waals surface area (Å²) in [5, 5.41) is 8.32. The summed E-state index contributed by atoms with van der Waals surface area (Å²) in [6.45, 7) is 4.92. The van der Waals surface area contributed by atoms with Gasteiger partial charge in [0, 0.05) is 24.4 Å². The summed E-state index contributed by atoms with van der Waals surface area (Å²) in [6, 6.07) is 9.57. The first-order chi connectivity index (χ1) is 16.6. The Bertz CT molecular complexity index is 1490. The quantitative estimate of drug-likeness (QED) is 0.394. The number of nitrogens with one attached hydrogen (secondary N) is 2. The van der Waals surface area contributed by atoms with E-state index in [2.05, 4.69) is 25.4 Å². The second-order valence-electron chi connectivity index (χ2n) is 8.28. The molecule has 2 N–H and O–H groups in total. The number of imidazole rings is 1. The lowest BCUT2D eigenvalue weighted by Crippen LogP contribution is -2.43. The van der Waals surface area contributed by atoms with Gasteiger partial charge in [-0.15, -0.1) is 0 Å². The lowest BCUT2D eigenvalue weighted by Gasteiger charge is -2.23. The molecule has 0 radical (unpaired) electrons. The van der Waals surface area contributed by atoms with Gasteiger partial charge in [0.15, 0.2) is 0 Å². The van der Waals surface area contributed by atoms with Crippen molar-refractivity contribution in [1.82, 2.24) is 35.0 Å². The molecule has 6 rings (SSSR count). The van der Waals surface area contributed by atoms with E-state index in [1.54, 1.807) is 18.5 Å². The fourth-order valence-corrected chi connectivity index (χ4v) is 4.35. The zero-order valence-electron chi connectivity index (χ0n) is 18.5. The summed E-state index contributed by atoms with van der Waals surface area (Å²) in [6.07, 6.45) is 5.48. The normalized spacial score (nSPS) is 16.4. The number of benzene rings is 2. The van der Waals surface area contributed by atoms with Crippen LogP contribution in [0.15, 0.2) is 48.9 Å². The summed E-state index contributed by atoms with van der Waals surface area (Å²) in [4.78, 5) is 17.0. The number of fused-ring (bicyclic) bond motifs is 2. The van der Waals surface area contributed by atoms with E-state index in [0.717, 1.165) is 42.1 Å². The third-order valence-electron chi connectivity index (χ3n) is 5.75. The van der Waals surface area contributed by atoms with Gasteiger partial charge in [0.25, 0.3) is 0 Å². The van der Waals surface area contributed by atoms with Crippen LogP contribution in [0.2, 0.25) is 5.02 Å². The van der Waals surface area contributed by atoms with Crippen molar-refractivity contribution in [2.75, 3.05) is 19.8 Å². The lowest BCUT2D eigenvalue weighted by atomic mass is 10.2. The highest BCUT2D eigenvalue weighted by Gasteiger charge is 2.16. The third-order valence-corrected chi connectivity index (χ3v) is 6.12. The summed E-state index contributed by atoms with van der Waals surface area (Å²) in [7, 11) is 0. The maximum atomic E-state index is 6.72. The fraction of sp³-hybridized carbons (Fsp3) is 0.250. The molecule has 0 aliphatic carbocycles. The number of aryl methyl sites for hydroxylation is 1. The largest absolute Gasteiger partial charge is 0.456 e. The van der Waals surface area contributed by atoms with Crippen molar-refractivity contribution in [1.29, 1.82) is 0 Å². The van der Waals surface area contributed by atoms with Crippen LogP contribution in [0.25, 0.3) is 33.3 Å². The number of halogens is 1. The van der Waals surface area contributed by atoms with E-state index in [-0.39, 0.29) is 6.04 Å². The van der Waals surface area contributed by atoms with Gasteiger partial charge in [-0.05, 0) is 31.2 Å². The van der Waals surface area contributed by atoms with Crippen molar-refractivity contribution in [2.24, 2.45) is 0 Å². The van der Waals surface area contributed by atoms with Crippen LogP contribution in [0.1, 0.15) is 5.82 Å². The zero-order valence-corrected chi connectivity index (χ0v) is 19.2. The van der Waals surface area contributed by atoms with Crippen LogP contribution >= 0.6 is 11.6 Å². The molecule has 34 heavy (non-hydrogen) atoms. The molecule has 4 heterocycles. The predicted octanol–water partition coefficient (Wildman–Crippen LogP) is 4.11. The molecule has 5 aromatic rings. The minimum absolute atomic E-state index is 0.239. The number of aromatic amines is 1.